The van der Waals surface area contributed by atoms with Crippen LogP contribution in [0.3, 0.4) is 0 Å². The summed E-state index contributed by atoms with van der Waals surface area (Å²) in [6.07, 6.45) is 0.699. The Morgan fingerprint density at radius 3 is 2.35 bits per heavy atom. The van der Waals surface area contributed by atoms with Gasteiger partial charge in [0.05, 0.1) is 12.0 Å². The number of nitro benzene ring substituents is 1. The number of esters is 1. The summed E-state index contributed by atoms with van der Waals surface area (Å²) in [5.74, 6) is -0.882. The quantitative estimate of drug-likeness (QED) is 0.448. The summed E-state index contributed by atoms with van der Waals surface area (Å²) in [5.41, 5.74) is 1.98. The van der Waals surface area contributed by atoms with Crippen LogP contribution < -0.4 is 10.6 Å². The first-order valence-electron chi connectivity index (χ1n) is 7.88. The zero-order chi connectivity index (χ0) is 19.1. The average Bonchev–Trinajstić information content (AvgIpc) is 2.61. The van der Waals surface area contributed by atoms with E-state index in [4.69, 9.17) is 0 Å². The van der Waals surface area contributed by atoms with Gasteiger partial charge in [0.25, 0.3) is 5.69 Å². The van der Waals surface area contributed by atoms with Crippen LogP contribution in [0.25, 0.3) is 0 Å². The molecule has 0 heterocycles. The number of hydrogen-bond donors (Lipinski definition) is 2. The fourth-order valence-corrected chi connectivity index (χ4v) is 2.39. The standard InChI is InChI=1S/C18H19N3O5/c1-12(22)20-14-5-3-13(4-6-14)9-10-19-15-7-8-17(21(24)25)16(11-15)18(23)26-2/h3-8,11,19H,9-10H2,1-2H3,(H,20,22). The molecule has 0 atom stereocenters. The highest BCUT2D eigenvalue weighted by atomic mass is 16.6. The lowest BCUT2D eigenvalue weighted by atomic mass is 10.1. The lowest BCUT2D eigenvalue weighted by molar-refractivity contribution is -0.385. The zero-order valence-corrected chi connectivity index (χ0v) is 14.4. The maximum atomic E-state index is 11.7. The molecule has 2 rings (SSSR count). The molecule has 0 saturated heterocycles. The maximum Gasteiger partial charge on any atom is 0.344 e. The van der Waals surface area contributed by atoms with Gasteiger partial charge in [-0.05, 0) is 36.2 Å². The molecule has 2 N–H and O–H groups in total. The van der Waals surface area contributed by atoms with E-state index in [0.717, 1.165) is 11.3 Å². The van der Waals surface area contributed by atoms with Gasteiger partial charge in [-0.1, -0.05) is 12.1 Å². The minimum absolute atomic E-state index is 0.0952. The first-order valence-corrected chi connectivity index (χ1v) is 7.88. The Kier molecular flexibility index (Phi) is 6.26. The molecule has 136 valence electrons. The number of anilines is 2. The van der Waals surface area contributed by atoms with E-state index in [-0.39, 0.29) is 17.2 Å². The van der Waals surface area contributed by atoms with E-state index in [2.05, 4.69) is 15.4 Å². The molecule has 0 saturated carbocycles. The van der Waals surface area contributed by atoms with Gasteiger partial charge in [-0.2, -0.15) is 0 Å². The molecule has 8 heteroatoms. The molecule has 26 heavy (non-hydrogen) atoms. The van der Waals surface area contributed by atoms with Crippen molar-refractivity contribution in [1.82, 2.24) is 0 Å². The minimum Gasteiger partial charge on any atom is -0.465 e. The van der Waals surface area contributed by atoms with Crippen molar-refractivity contribution in [2.75, 3.05) is 24.3 Å². The van der Waals surface area contributed by atoms with Crippen molar-refractivity contribution in [3.8, 4) is 0 Å². The van der Waals surface area contributed by atoms with E-state index in [1.54, 1.807) is 6.07 Å². The van der Waals surface area contributed by atoms with Crippen molar-refractivity contribution >= 4 is 28.9 Å². The zero-order valence-electron chi connectivity index (χ0n) is 14.4. The third-order valence-electron chi connectivity index (χ3n) is 3.62. The molecule has 0 aliphatic carbocycles. The SMILES string of the molecule is COC(=O)c1cc(NCCc2ccc(NC(C)=O)cc2)ccc1[N+](=O)[O-]. The number of carbonyl (C=O) groups is 2. The largest absolute Gasteiger partial charge is 0.465 e. The van der Waals surface area contributed by atoms with E-state index in [9.17, 15) is 19.7 Å². The van der Waals surface area contributed by atoms with Crippen molar-refractivity contribution in [3.63, 3.8) is 0 Å². The summed E-state index contributed by atoms with van der Waals surface area (Å²) >= 11 is 0. The smallest absolute Gasteiger partial charge is 0.344 e. The summed E-state index contributed by atoms with van der Waals surface area (Å²) in [6, 6.07) is 11.7. The van der Waals surface area contributed by atoms with Gasteiger partial charge in [0.2, 0.25) is 5.91 Å². The Labute approximate surface area is 150 Å². The van der Waals surface area contributed by atoms with E-state index in [1.807, 2.05) is 24.3 Å². The average molecular weight is 357 g/mol. The molecule has 8 nitrogen and oxygen atoms in total. The van der Waals surface area contributed by atoms with Gasteiger partial charge in [0, 0.05) is 30.9 Å². The van der Waals surface area contributed by atoms with Gasteiger partial charge < -0.3 is 15.4 Å². The van der Waals surface area contributed by atoms with E-state index in [0.29, 0.717) is 18.7 Å². The summed E-state index contributed by atoms with van der Waals surface area (Å²) in [5, 5.41) is 16.8. The van der Waals surface area contributed by atoms with E-state index < -0.39 is 10.9 Å². The molecule has 1 amide bonds. The third-order valence-corrected chi connectivity index (χ3v) is 3.62. The fraction of sp³-hybridized carbons (Fsp3) is 0.222. The van der Waals surface area contributed by atoms with Gasteiger partial charge in [-0.25, -0.2) is 4.79 Å². The summed E-state index contributed by atoms with van der Waals surface area (Å²) in [4.78, 5) is 33.1. The number of rotatable bonds is 7. The Bertz CT molecular complexity index is 818. The Balaban J connectivity index is 2.00. The molecule has 2 aromatic carbocycles. The van der Waals surface area contributed by atoms with Crippen molar-refractivity contribution in [1.29, 1.82) is 0 Å². The highest BCUT2D eigenvalue weighted by Gasteiger charge is 2.21. The Hall–Kier alpha value is -3.42. The number of hydrogen-bond acceptors (Lipinski definition) is 6. The lowest BCUT2D eigenvalue weighted by Gasteiger charge is -2.09. The number of benzene rings is 2. The van der Waals surface area contributed by atoms with Crippen LogP contribution in [-0.2, 0) is 16.0 Å². The number of nitrogens with zero attached hydrogens (tertiary/aromatic N) is 1. The molecular formula is C18H19N3O5. The molecule has 0 aliphatic rings. The molecule has 0 fully saturated rings. The van der Waals surface area contributed by atoms with Gasteiger partial charge in [0.1, 0.15) is 5.56 Å². The lowest BCUT2D eigenvalue weighted by Crippen LogP contribution is -2.09. The number of nitro groups is 1. The van der Waals surface area contributed by atoms with Gasteiger partial charge in [-0.15, -0.1) is 0 Å². The first kappa shape index (κ1) is 18.9. The maximum absolute atomic E-state index is 11.7. The predicted octanol–water partition coefficient (Wildman–Crippen LogP) is 2.99. The summed E-state index contributed by atoms with van der Waals surface area (Å²) in [7, 11) is 1.18. The number of ether oxygens (including phenoxy) is 1. The first-order chi connectivity index (χ1) is 12.4. The predicted molar refractivity (Wildman–Crippen MR) is 97.4 cm³/mol. The molecular weight excluding hydrogens is 338 g/mol. The molecule has 0 aromatic heterocycles. The number of carbonyl (C=O) groups excluding carboxylic acids is 2. The number of nitrogens with one attached hydrogen (secondary N) is 2. The molecule has 0 unspecified atom stereocenters. The van der Waals surface area contributed by atoms with Crippen LogP contribution >= 0.6 is 0 Å². The van der Waals surface area contributed by atoms with Gasteiger partial charge >= 0.3 is 5.97 Å². The van der Waals surface area contributed by atoms with Crippen LogP contribution in [0.5, 0.6) is 0 Å². The highest BCUT2D eigenvalue weighted by molar-refractivity contribution is 5.95. The summed E-state index contributed by atoms with van der Waals surface area (Å²) < 4.78 is 4.59. The van der Waals surface area contributed by atoms with Crippen LogP contribution in [0.15, 0.2) is 42.5 Å². The van der Waals surface area contributed by atoms with Crippen molar-refractivity contribution in [2.24, 2.45) is 0 Å². The van der Waals surface area contributed by atoms with Crippen molar-refractivity contribution in [2.45, 2.75) is 13.3 Å². The second kappa shape index (κ2) is 8.61. The van der Waals surface area contributed by atoms with Crippen LogP contribution in [-0.4, -0.2) is 30.5 Å². The number of amides is 1. The molecule has 2 aromatic rings. The Morgan fingerprint density at radius 2 is 1.77 bits per heavy atom. The van der Waals surface area contributed by atoms with Gasteiger partial charge in [-0.3, -0.25) is 14.9 Å². The second-order valence-electron chi connectivity index (χ2n) is 5.54. The van der Waals surface area contributed by atoms with Gasteiger partial charge in [0.15, 0.2) is 0 Å². The molecule has 0 bridgehead atoms. The molecule has 0 radical (unpaired) electrons. The highest BCUT2D eigenvalue weighted by Crippen LogP contribution is 2.23. The molecule has 0 aliphatic heterocycles. The van der Waals surface area contributed by atoms with Crippen LogP contribution in [0.1, 0.15) is 22.8 Å². The topological polar surface area (TPSA) is 111 Å². The fourth-order valence-electron chi connectivity index (χ4n) is 2.39. The Morgan fingerprint density at radius 1 is 1.12 bits per heavy atom. The van der Waals surface area contributed by atoms with Crippen molar-refractivity contribution in [3.05, 3.63) is 63.7 Å². The monoisotopic (exact) mass is 357 g/mol. The van der Waals surface area contributed by atoms with Crippen molar-refractivity contribution < 1.29 is 19.2 Å². The summed E-state index contributed by atoms with van der Waals surface area (Å²) in [6.45, 7) is 2.02. The van der Waals surface area contributed by atoms with Crippen LogP contribution in [0.4, 0.5) is 17.1 Å². The third kappa shape index (κ3) is 5.04. The van der Waals surface area contributed by atoms with E-state index >= 15 is 0 Å². The molecule has 0 spiro atoms. The van der Waals surface area contributed by atoms with Crippen LogP contribution in [0.2, 0.25) is 0 Å². The second-order valence-corrected chi connectivity index (χ2v) is 5.54. The minimum atomic E-state index is -0.756. The van der Waals surface area contributed by atoms with E-state index in [1.165, 1.54) is 26.2 Å². The van der Waals surface area contributed by atoms with Crippen LogP contribution in [0, 0.1) is 10.1 Å². The normalized spacial score (nSPS) is 10.1. The number of methoxy groups -OCH3 is 1.